The first kappa shape index (κ1) is 19.1. The van der Waals surface area contributed by atoms with Gasteiger partial charge < -0.3 is 20.7 Å². The highest BCUT2D eigenvalue weighted by Crippen LogP contribution is 2.32. The van der Waals surface area contributed by atoms with Gasteiger partial charge in [0.15, 0.2) is 5.78 Å². The van der Waals surface area contributed by atoms with Crippen LogP contribution >= 0.6 is 0 Å². The number of anilines is 3. The van der Waals surface area contributed by atoms with Gasteiger partial charge in [0, 0.05) is 5.69 Å². The third-order valence-electron chi connectivity index (χ3n) is 3.94. The maximum atomic E-state index is 12.6. The number of ether oxygens (including phenoxy) is 1. The molecule has 8 nitrogen and oxygen atoms in total. The monoisotopic (exact) mass is 379 g/mol. The first-order chi connectivity index (χ1) is 13.5. The van der Waals surface area contributed by atoms with Crippen LogP contribution in [0.5, 0.6) is 5.75 Å². The van der Waals surface area contributed by atoms with Gasteiger partial charge in [-0.3, -0.25) is 9.59 Å². The minimum atomic E-state index is -1.26. The molecule has 144 valence electrons. The average Bonchev–Trinajstić information content (AvgIpc) is 3.02. The summed E-state index contributed by atoms with van der Waals surface area (Å²) in [6.07, 6.45) is 0. The van der Waals surface area contributed by atoms with Gasteiger partial charge in [0.2, 0.25) is 6.04 Å². The predicted molar refractivity (Wildman–Crippen MR) is 108 cm³/mol. The molecule has 0 saturated carbocycles. The lowest BCUT2D eigenvalue weighted by atomic mass is 10.2. The third-order valence-corrected chi connectivity index (χ3v) is 3.94. The number of carbonyl (C=O) groups is 2. The number of carbonyl (C=O) groups excluding carboxylic acids is 2. The van der Waals surface area contributed by atoms with Gasteiger partial charge in [0.1, 0.15) is 17.3 Å². The molecule has 1 aliphatic heterocycles. The lowest BCUT2D eigenvalue weighted by Gasteiger charge is -2.11. The summed E-state index contributed by atoms with van der Waals surface area (Å²) in [5.74, 6) is 0.218. The quantitative estimate of drug-likeness (QED) is 0.497. The van der Waals surface area contributed by atoms with Crippen molar-refractivity contribution < 1.29 is 14.3 Å². The Balaban J connectivity index is 1.76. The molecule has 1 heterocycles. The minimum absolute atomic E-state index is 0.413. The van der Waals surface area contributed by atoms with Crippen molar-refractivity contribution in [2.75, 3.05) is 22.6 Å². The molecule has 0 aliphatic carbocycles. The van der Waals surface area contributed by atoms with Crippen LogP contribution in [0.4, 0.5) is 22.7 Å². The van der Waals surface area contributed by atoms with Crippen LogP contribution in [0, 0.1) is 0 Å². The van der Waals surface area contributed by atoms with Crippen molar-refractivity contribution >= 4 is 34.4 Å². The Bertz CT molecular complexity index is 955. The number of ketones is 1. The number of rotatable bonds is 7. The van der Waals surface area contributed by atoms with Gasteiger partial charge in [0.25, 0.3) is 5.91 Å². The van der Waals surface area contributed by atoms with Gasteiger partial charge in [0.05, 0.1) is 18.0 Å². The van der Waals surface area contributed by atoms with Crippen molar-refractivity contribution in [3.8, 4) is 5.75 Å². The molecular weight excluding hydrogens is 358 g/mol. The van der Waals surface area contributed by atoms with E-state index in [0.717, 1.165) is 11.4 Å². The Morgan fingerprint density at radius 1 is 1.18 bits per heavy atom. The van der Waals surface area contributed by atoms with Crippen molar-refractivity contribution in [3.05, 3.63) is 54.9 Å². The van der Waals surface area contributed by atoms with E-state index in [-0.39, 0.29) is 0 Å². The first-order valence-corrected chi connectivity index (χ1v) is 8.79. The largest absolute Gasteiger partial charge is 0.492 e. The Hall–Kier alpha value is -3.68. The van der Waals surface area contributed by atoms with Crippen molar-refractivity contribution in [1.82, 2.24) is 0 Å². The second kappa shape index (κ2) is 8.34. The second-order valence-electron chi connectivity index (χ2n) is 6.11. The number of benzene rings is 2. The summed E-state index contributed by atoms with van der Waals surface area (Å²) in [7, 11) is 0. The fourth-order valence-electron chi connectivity index (χ4n) is 2.66. The van der Waals surface area contributed by atoms with Crippen LogP contribution in [0.3, 0.4) is 0 Å². The zero-order valence-electron chi connectivity index (χ0n) is 15.7. The number of azo groups is 1. The number of para-hydroxylation sites is 1. The molecule has 0 spiro atoms. The van der Waals surface area contributed by atoms with E-state index in [2.05, 4.69) is 32.8 Å². The van der Waals surface area contributed by atoms with Gasteiger partial charge in [-0.15, -0.1) is 0 Å². The smallest absolute Gasteiger partial charge is 0.258 e. The van der Waals surface area contributed by atoms with E-state index in [1.54, 1.807) is 36.4 Å². The van der Waals surface area contributed by atoms with Crippen LogP contribution in [0.2, 0.25) is 0 Å². The van der Waals surface area contributed by atoms with Crippen LogP contribution in [0.25, 0.3) is 0 Å². The van der Waals surface area contributed by atoms with Gasteiger partial charge in [-0.1, -0.05) is 18.7 Å². The van der Waals surface area contributed by atoms with Crippen LogP contribution in [-0.4, -0.2) is 24.3 Å². The number of nitrogens with zero attached hydrogens (tertiary/aromatic N) is 2. The van der Waals surface area contributed by atoms with E-state index >= 15 is 0 Å². The molecule has 3 rings (SSSR count). The number of hydrogen-bond acceptors (Lipinski definition) is 7. The number of Topliss-reactive ketones (excluding diaryl/α,β-unsaturated/α-hetero) is 1. The lowest BCUT2D eigenvalue weighted by molar-refractivity contribution is -0.126. The molecule has 1 unspecified atom stereocenters. The molecule has 0 bridgehead atoms. The Morgan fingerprint density at radius 2 is 1.93 bits per heavy atom. The van der Waals surface area contributed by atoms with E-state index in [9.17, 15) is 9.59 Å². The van der Waals surface area contributed by atoms with Gasteiger partial charge >= 0.3 is 0 Å². The Kier molecular flexibility index (Phi) is 5.69. The standard InChI is InChI=1S/C20H21N5O3/c1-4-28-18-8-6-5-7-16(18)24-25-19(12(2)26)20(27)23-14-9-10-15-17(11-14)22-13(3)21-15/h5-11,19,21-22H,3-4H2,1-2H3,(H,23,27). The molecule has 2 aromatic rings. The first-order valence-electron chi connectivity index (χ1n) is 8.79. The van der Waals surface area contributed by atoms with Crippen molar-refractivity contribution in [2.45, 2.75) is 19.9 Å². The summed E-state index contributed by atoms with van der Waals surface area (Å²) in [6, 6.07) is 11.1. The highest BCUT2D eigenvalue weighted by Gasteiger charge is 2.24. The molecule has 28 heavy (non-hydrogen) atoms. The molecule has 1 amide bonds. The van der Waals surface area contributed by atoms with Crippen LogP contribution in [-0.2, 0) is 9.59 Å². The summed E-state index contributed by atoms with van der Waals surface area (Å²) >= 11 is 0. The summed E-state index contributed by atoms with van der Waals surface area (Å²) in [4.78, 5) is 24.5. The molecule has 3 N–H and O–H groups in total. The maximum absolute atomic E-state index is 12.6. The number of amides is 1. The Morgan fingerprint density at radius 3 is 2.68 bits per heavy atom. The molecule has 1 aliphatic rings. The maximum Gasteiger partial charge on any atom is 0.258 e. The summed E-state index contributed by atoms with van der Waals surface area (Å²) < 4.78 is 5.48. The van der Waals surface area contributed by atoms with Gasteiger partial charge in [-0.05, 0) is 44.2 Å². The second-order valence-corrected chi connectivity index (χ2v) is 6.11. The lowest BCUT2D eigenvalue weighted by Crippen LogP contribution is -2.31. The molecule has 0 aromatic heterocycles. The van der Waals surface area contributed by atoms with Gasteiger partial charge in [-0.25, -0.2) is 0 Å². The highest BCUT2D eigenvalue weighted by atomic mass is 16.5. The zero-order valence-corrected chi connectivity index (χ0v) is 15.7. The molecule has 2 aromatic carbocycles. The van der Waals surface area contributed by atoms with E-state index < -0.39 is 17.7 Å². The molecule has 1 atom stereocenters. The number of nitrogens with one attached hydrogen (secondary N) is 3. The molecule has 0 fully saturated rings. The van der Waals surface area contributed by atoms with Crippen molar-refractivity contribution in [3.63, 3.8) is 0 Å². The van der Waals surface area contributed by atoms with Crippen LogP contribution < -0.4 is 20.7 Å². The highest BCUT2D eigenvalue weighted by molar-refractivity contribution is 6.10. The molecule has 0 saturated heterocycles. The SMILES string of the molecule is C=C1Nc2ccc(NC(=O)C(N=Nc3ccccc3OCC)C(C)=O)cc2N1. The fraction of sp³-hybridized carbons (Fsp3) is 0.200. The van der Waals surface area contributed by atoms with E-state index in [1.165, 1.54) is 6.92 Å². The van der Waals surface area contributed by atoms with Crippen molar-refractivity contribution in [2.24, 2.45) is 10.2 Å². The third kappa shape index (κ3) is 4.35. The van der Waals surface area contributed by atoms with Crippen LogP contribution in [0.15, 0.2) is 65.1 Å². The number of fused-ring (bicyclic) bond motifs is 1. The van der Waals surface area contributed by atoms with Crippen molar-refractivity contribution in [1.29, 1.82) is 0 Å². The summed E-state index contributed by atoms with van der Waals surface area (Å²) in [5, 5.41) is 16.8. The summed E-state index contributed by atoms with van der Waals surface area (Å²) in [6.45, 7) is 7.42. The molecule has 8 heteroatoms. The summed E-state index contributed by atoms with van der Waals surface area (Å²) in [5.41, 5.74) is 2.63. The predicted octanol–water partition coefficient (Wildman–Crippen LogP) is 4.07. The Labute approximate surface area is 162 Å². The van der Waals surface area contributed by atoms with E-state index in [4.69, 9.17) is 4.74 Å². The number of hydrogen-bond donors (Lipinski definition) is 3. The fourth-order valence-corrected chi connectivity index (χ4v) is 2.66. The zero-order chi connectivity index (χ0) is 20.1. The van der Waals surface area contributed by atoms with Gasteiger partial charge in [-0.2, -0.15) is 10.2 Å². The topological polar surface area (TPSA) is 104 Å². The minimum Gasteiger partial charge on any atom is -0.492 e. The van der Waals surface area contributed by atoms with E-state index in [0.29, 0.717) is 29.6 Å². The van der Waals surface area contributed by atoms with E-state index in [1.807, 2.05) is 13.0 Å². The van der Waals surface area contributed by atoms with Crippen LogP contribution in [0.1, 0.15) is 13.8 Å². The molecular formula is C20H21N5O3. The average molecular weight is 379 g/mol. The molecule has 0 radical (unpaired) electrons. The normalized spacial score (nSPS) is 13.4.